The predicted octanol–water partition coefficient (Wildman–Crippen LogP) is 1.71. The fourth-order valence-electron chi connectivity index (χ4n) is 1.27. The summed E-state index contributed by atoms with van der Waals surface area (Å²) in [6, 6.07) is 7.27. The van der Waals surface area contributed by atoms with E-state index in [0.29, 0.717) is 5.75 Å². The molecular weight excluding hydrogens is 162 g/mol. The van der Waals surface area contributed by atoms with Crippen molar-refractivity contribution in [1.29, 1.82) is 0 Å². The van der Waals surface area contributed by atoms with Crippen LogP contribution in [0.2, 0.25) is 0 Å². The molecule has 0 heterocycles. The molecule has 0 atom stereocenters. The van der Waals surface area contributed by atoms with Gasteiger partial charge in [0.1, 0.15) is 5.75 Å². The van der Waals surface area contributed by atoms with E-state index in [1.54, 1.807) is 12.1 Å². The standard InChI is InChI=1S/C11H15NO/c1-9(8-12-2)6-10-4-3-5-11(13)7-10/h3-5,7,12-13H,1,6,8H2,2H3. The van der Waals surface area contributed by atoms with Gasteiger partial charge in [-0.3, -0.25) is 0 Å². The number of aromatic hydroxyl groups is 1. The quantitative estimate of drug-likeness (QED) is 0.686. The molecule has 0 aliphatic carbocycles. The summed E-state index contributed by atoms with van der Waals surface area (Å²) < 4.78 is 0. The zero-order valence-corrected chi connectivity index (χ0v) is 7.88. The molecule has 2 N–H and O–H groups in total. The van der Waals surface area contributed by atoms with Crippen LogP contribution in [0.1, 0.15) is 5.56 Å². The van der Waals surface area contributed by atoms with Crippen LogP contribution in [-0.2, 0) is 6.42 Å². The van der Waals surface area contributed by atoms with Gasteiger partial charge in [0.2, 0.25) is 0 Å². The average Bonchev–Trinajstić information content (AvgIpc) is 2.04. The lowest BCUT2D eigenvalue weighted by atomic mass is 10.1. The van der Waals surface area contributed by atoms with Gasteiger partial charge in [-0.15, -0.1) is 0 Å². The van der Waals surface area contributed by atoms with Crippen LogP contribution in [0.4, 0.5) is 0 Å². The summed E-state index contributed by atoms with van der Waals surface area (Å²) in [4.78, 5) is 0. The molecule has 1 aromatic carbocycles. The van der Waals surface area contributed by atoms with Crippen molar-refractivity contribution in [2.24, 2.45) is 0 Å². The topological polar surface area (TPSA) is 32.3 Å². The van der Waals surface area contributed by atoms with E-state index in [1.165, 1.54) is 0 Å². The van der Waals surface area contributed by atoms with Crippen LogP contribution < -0.4 is 5.32 Å². The smallest absolute Gasteiger partial charge is 0.115 e. The van der Waals surface area contributed by atoms with Gasteiger partial charge in [0.15, 0.2) is 0 Å². The Bertz CT molecular complexity index is 294. The van der Waals surface area contributed by atoms with Crippen molar-refractivity contribution in [1.82, 2.24) is 5.32 Å². The van der Waals surface area contributed by atoms with Gasteiger partial charge in [-0.25, -0.2) is 0 Å². The van der Waals surface area contributed by atoms with Crippen LogP contribution in [0.15, 0.2) is 36.4 Å². The Hall–Kier alpha value is -1.28. The van der Waals surface area contributed by atoms with Crippen molar-refractivity contribution >= 4 is 0 Å². The lowest BCUT2D eigenvalue weighted by Gasteiger charge is -2.04. The first kappa shape index (κ1) is 9.81. The zero-order chi connectivity index (χ0) is 9.68. The second-order valence-electron chi connectivity index (χ2n) is 3.13. The molecule has 1 aromatic rings. The van der Waals surface area contributed by atoms with E-state index in [4.69, 9.17) is 0 Å². The molecule has 0 fully saturated rings. The number of phenolic OH excluding ortho intramolecular Hbond substituents is 1. The number of nitrogens with one attached hydrogen (secondary N) is 1. The highest BCUT2D eigenvalue weighted by Crippen LogP contribution is 2.13. The number of hydrogen-bond donors (Lipinski definition) is 2. The molecule has 0 bridgehead atoms. The highest BCUT2D eigenvalue weighted by Gasteiger charge is 1.97. The van der Waals surface area contributed by atoms with E-state index in [1.807, 2.05) is 19.2 Å². The Morgan fingerprint density at radius 1 is 1.54 bits per heavy atom. The van der Waals surface area contributed by atoms with Gasteiger partial charge in [-0.1, -0.05) is 24.3 Å². The summed E-state index contributed by atoms with van der Waals surface area (Å²) in [5.74, 6) is 0.315. The Kier molecular flexibility index (Phi) is 3.53. The van der Waals surface area contributed by atoms with E-state index in [9.17, 15) is 5.11 Å². The van der Waals surface area contributed by atoms with Gasteiger partial charge in [-0.05, 0) is 31.2 Å². The summed E-state index contributed by atoms with van der Waals surface area (Å²) in [7, 11) is 1.90. The first-order chi connectivity index (χ1) is 6.22. The summed E-state index contributed by atoms with van der Waals surface area (Å²) >= 11 is 0. The maximum absolute atomic E-state index is 9.21. The third kappa shape index (κ3) is 3.30. The highest BCUT2D eigenvalue weighted by atomic mass is 16.3. The first-order valence-corrected chi connectivity index (χ1v) is 4.31. The van der Waals surface area contributed by atoms with Crippen molar-refractivity contribution in [3.8, 4) is 5.75 Å². The van der Waals surface area contributed by atoms with Crippen molar-refractivity contribution in [2.75, 3.05) is 13.6 Å². The molecule has 1 rings (SSSR count). The van der Waals surface area contributed by atoms with Gasteiger partial charge >= 0.3 is 0 Å². The highest BCUT2D eigenvalue weighted by molar-refractivity contribution is 5.29. The Morgan fingerprint density at radius 3 is 2.92 bits per heavy atom. The molecule has 2 nitrogen and oxygen atoms in total. The zero-order valence-electron chi connectivity index (χ0n) is 7.88. The number of benzene rings is 1. The fourth-order valence-corrected chi connectivity index (χ4v) is 1.27. The van der Waals surface area contributed by atoms with E-state index in [2.05, 4.69) is 11.9 Å². The fraction of sp³-hybridized carbons (Fsp3) is 0.273. The van der Waals surface area contributed by atoms with Gasteiger partial charge in [0.25, 0.3) is 0 Å². The van der Waals surface area contributed by atoms with Crippen LogP contribution in [0.25, 0.3) is 0 Å². The summed E-state index contributed by atoms with van der Waals surface area (Å²) in [6.07, 6.45) is 0.815. The minimum absolute atomic E-state index is 0.315. The molecular formula is C11H15NO. The van der Waals surface area contributed by atoms with E-state index in [0.717, 1.165) is 24.1 Å². The second kappa shape index (κ2) is 4.67. The largest absolute Gasteiger partial charge is 0.508 e. The predicted molar refractivity (Wildman–Crippen MR) is 54.9 cm³/mol. The lowest BCUT2D eigenvalue weighted by molar-refractivity contribution is 0.474. The average molecular weight is 177 g/mol. The molecule has 0 spiro atoms. The van der Waals surface area contributed by atoms with Gasteiger partial charge < -0.3 is 10.4 Å². The normalized spacial score (nSPS) is 9.92. The van der Waals surface area contributed by atoms with E-state index in [-0.39, 0.29) is 0 Å². The molecule has 0 radical (unpaired) electrons. The molecule has 2 heteroatoms. The number of rotatable bonds is 4. The third-order valence-electron chi connectivity index (χ3n) is 1.79. The molecule has 0 aromatic heterocycles. The first-order valence-electron chi connectivity index (χ1n) is 4.31. The van der Waals surface area contributed by atoms with Gasteiger partial charge in [0.05, 0.1) is 0 Å². The molecule has 0 aliphatic rings. The van der Waals surface area contributed by atoms with E-state index >= 15 is 0 Å². The minimum Gasteiger partial charge on any atom is -0.508 e. The molecule has 0 aliphatic heterocycles. The summed E-state index contributed by atoms with van der Waals surface area (Å²) in [5, 5.41) is 12.3. The van der Waals surface area contributed by atoms with Gasteiger partial charge in [-0.2, -0.15) is 0 Å². The molecule has 0 saturated carbocycles. The maximum Gasteiger partial charge on any atom is 0.115 e. The molecule has 0 saturated heterocycles. The minimum atomic E-state index is 0.315. The van der Waals surface area contributed by atoms with Crippen LogP contribution in [0.5, 0.6) is 5.75 Å². The summed E-state index contributed by atoms with van der Waals surface area (Å²) in [5.41, 5.74) is 2.22. The van der Waals surface area contributed by atoms with Crippen molar-refractivity contribution in [3.05, 3.63) is 42.0 Å². The molecule has 0 amide bonds. The number of hydrogen-bond acceptors (Lipinski definition) is 2. The second-order valence-corrected chi connectivity index (χ2v) is 3.13. The Morgan fingerprint density at radius 2 is 2.31 bits per heavy atom. The Labute approximate surface area is 78.9 Å². The third-order valence-corrected chi connectivity index (χ3v) is 1.79. The molecule has 0 unspecified atom stereocenters. The molecule has 13 heavy (non-hydrogen) atoms. The number of phenols is 1. The van der Waals surface area contributed by atoms with Crippen molar-refractivity contribution < 1.29 is 5.11 Å². The number of likely N-dealkylation sites (N-methyl/N-ethyl adjacent to an activating group) is 1. The van der Waals surface area contributed by atoms with Crippen LogP contribution >= 0.6 is 0 Å². The molecule has 70 valence electrons. The lowest BCUT2D eigenvalue weighted by Crippen LogP contribution is -2.11. The van der Waals surface area contributed by atoms with Crippen molar-refractivity contribution in [3.63, 3.8) is 0 Å². The van der Waals surface area contributed by atoms with Crippen LogP contribution in [-0.4, -0.2) is 18.7 Å². The summed E-state index contributed by atoms with van der Waals surface area (Å²) in [6.45, 7) is 4.74. The Balaban J connectivity index is 2.58. The van der Waals surface area contributed by atoms with E-state index < -0.39 is 0 Å². The SMILES string of the molecule is C=C(CNC)Cc1cccc(O)c1. The van der Waals surface area contributed by atoms with Crippen LogP contribution in [0.3, 0.4) is 0 Å². The van der Waals surface area contributed by atoms with Crippen molar-refractivity contribution in [2.45, 2.75) is 6.42 Å². The van der Waals surface area contributed by atoms with Gasteiger partial charge in [0, 0.05) is 6.54 Å². The van der Waals surface area contributed by atoms with Crippen LogP contribution in [0, 0.1) is 0 Å². The maximum atomic E-state index is 9.21. The monoisotopic (exact) mass is 177 g/mol.